The van der Waals surface area contributed by atoms with E-state index in [9.17, 15) is 4.79 Å². The number of benzene rings is 1. The van der Waals surface area contributed by atoms with Crippen LogP contribution in [0.3, 0.4) is 0 Å². The summed E-state index contributed by atoms with van der Waals surface area (Å²) >= 11 is 1.65. The van der Waals surface area contributed by atoms with Gasteiger partial charge in [-0.05, 0) is 49.4 Å². The van der Waals surface area contributed by atoms with Crippen LogP contribution in [-0.4, -0.2) is 20.5 Å². The molecular weight excluding hydrogens is 344 g/mol. The van der Waals surface area contributed by atoms with E-state index in [4.69, 9.17) is 4.98 Å². The Labute approximate surface area is 155 Å². The molecule has 0 radical (unpaired) electrons. The summed E-state index contributed by atoms with van der Waals surface area (Å²) in [6.45, 7) is 4.65. The third-order valence-corrected chi connectivity index (χ3v) is 5.54. The van der Waals surface area contributed by atoms with Gasteiger partial charge in [0, 0.05) is 28.1 Å². The highest BCUT2D eigenvalue weighted by Gasteiger charge is 2.14. The van der Waals surface area contributed by atoms with Crippen LogP contribution in [0.1, 0.15) is 28.2 Å². The van der Waals surface area contributed by atoms with Crippen molar-refractivity contribution in [2.24, 2.45) is 0 Å². The highest BCUT2D eigenvalue weighted by Crippen LogP contribution is 2.22. The number of hydrogen-bond donors (Lipinski definition) is 1. The maximum Gasteiger partial charge on any atom is 0.220 e. The van der Waals surface area contributed by atoms with Crippen molar-refractivity contribution in [3.63, 3.8) is 0 Å². The van der Waals surface area contributed by atoms with Crippen molar-refractivity contribution >= 4 is 33.8 Å². The summed E-state index contributed by atoms with van der Waals surface area (Å²) in [5.41, 5.74) is 4.92. The smallest absolute Gasteiger partial charge is 0.220 e. The second-order valence-corrected chi connectivity index (χ2v) is 7.40. The Morgan fingerprint density at radius 1 is 1.19 bits per heavy atom. The summed E-state index contributed by atoms with van der Waals surface area (Å²) in [7, 11) is 0. The molecule has 0 saturated carbocycles. The van der Waals surface area contributed by atoms with E-state index in [1.165, 1.54) is 0 Å². The Morgan fingerprint density at radius 2 is 2.04 bits per heavy atom. The number of nitrogens with one attached hydrogen (secondary N) is 1. The normalized spacial score (nSPS) is 11.3. The number of thiophene rings is 1. The van der Waals surface area contributed by atoms with Crippen LogP contribution >= 0.6 is 11.3 Å². The monoisotopic (exact) mass is 364 g/mol. The lowest BCUT2D eigenvalue weighted by Gasteiger charge is -2.11. The average molecular weight is 364 g/mol. The summed E-state index contributed by atoms with van der Waals surface area (Å²) in [4.78, 5) is 18.1. The number of nitrogens with zero attached hydrogens (tertiary/aromatic N) is 3. The van der Waals surface area contributed by atoms with Crippen LogP contribution < -0.4 is 5.32 Å². The second-order valence-electron chi connectivity index (χ2n) is 6.37. The van der Waals surface area contributed by atoms with Crippen molar-refractivity contribution < 1.29 is 4.79 Å². The Kier molecular flexibility index (Phi) is 4.42. The Morgan fingerprint density at radius 3 is 2.85 bits per heavy atom. The fraction of sp³-hybridized carbons (Fsp3) is 0.250. The zero-order valence-electron chi connectivity index (χ0n) is 14.8. The lowest BCUT2D eigenvalue weighted by molar-refractivity contribution is -0.121. The maximum atomic E-state index is 12.2. The fourth-order valence-electron chi connectivity index (χ4n) is 3.26. The van der Waals surface area contributed by atoms with E-state index in [0.29, 0.717) is 19.4 Å². The van der Waals surface area contributed by atoms with Gasteiger partial charge in [0.2, 0.25) is 5.91 Å². The quantitative estimate of drug-likeness (QED) is 0.586. The van der Waals surface area contributed by atoms with E-state index in [-0.39, 0.29) is 5.91 Å². The van der Waals surface area contributed by atoms with Gasteiger partial charge in [0.05, 0.1) is 12.1 Å². The number of fused-ring (bicyclic) bond motifs is 3. The van der Waals surface area contributed by atoms with Crippen LogP contribution in [0.2, 0.25) is 0 Å². The largest absolute Gasteiger partial charge is 0.351 e. The molecule has 1 N–H and O–H groups in total. The summed E-state index contributed by atoms with van der Waals surface area (Å²) in [6.07, 6.45) is 1.11. The Hall–Kier alpha value is -2.73. The zero-order chi connectivity index (χ0) is 18.1. The molecule has 0 aliphatic rings. The first-order chi connectivity index (χ1) is 12.6. The van der Waals surface area contributed by atoms with Crippen LogP contribution in [0.5, 0.6) is 0 Å². The number of carbonyl (C=O) groups excluding carboxylic acids is 1. The van der Waals surface area contributed by atoms with Crippen LogP contribution in [0.15, 0.2) is 41.8 Å². The SMILES string of the molecule is Cc1nc2c3ccccc3nn2c(C)c1CCC(=O)NCc1cccs1. The maximum absolute atomic E-state index is 12.2. The average Bonchev–Trinajstić information content (AvgIpc) is 3.28. The third-order valence-electron chi connectivity index (χ3n) is 4.66. The van der Waals surface area contributed by atoms with Gasteiger partial charge in [-0.3, -0.25) is 4.79 Å². The van der Waals surface area contributed by atoms with E-state index in [1.807, 2.05) is 60.1 Å². The molecule has 0 aliphatic carbocycles. The van der Waals surface area contributed by atoms with Crippen molar-refractivity contribution in [3.05, 3.63) is 63.6 Å². The third kappa shape index (κ3) is 3.08. The molecule has 3 heterocycles. The molecule has 26 heavy (non-hydrogen) atoms. The van der Waals surface area contributed by atoms with Crippen molar-refractivity contribution in [2.45, 2.75) is 33.2 Å². The minimum atomic E-state index is 0.0583. The molecule has 1 aromatic carbocycles. The van der Waals surface area contributed by atoms with Gasteiger partial charge in [-0.2, -0.15) is 5.10 Å². The highest BCUT2D eigenvalue weighted by molar-refractivity contribution is 7.09. The molecule has 3 aromatic heterocycles. The van der Waals surface area contributed by atoms with Crippen LogP contribution in [0.25, 0.3) is 16.6 Å². The minimum absolute atomic E-state index is 0.0583. The van der Waals surface area contributed by atoms with Gasteiger partial charge in [0.1, 0.15) is 0 Å². The van der Waals surface area contributed by atoms with Crippen molar-refractivity contribution in [1.29, 1.82) is 0 Å². The van der Waals surface area contributed by atoms with E-state index in [0.717, 1.165) is 38.4 Å². The van der Waals surface area contributed by atoms with Crippen molar-refractivity contribution in [2.75, 3.05) is 0 Å². The second kappa shape index (κ2) is 6.88. The van der Waals surface area contributed by atoms with Gasteiger partial charge in [-0.15, -0.1) is 11.3 Å². The first kappa shape index (κ1) is 16.7. The molecule has 1 amide bonds. The first-order valence-corrected chi connectivity index (χ1v) is 9.54. The number of hydrogen-bond acceptors (Lipinski definition) is 4. The molecule has 0 bridgehead atoms. The summed E-state index contributed by atoms with van der Waals surface area (Å²) in [5.74, 6) is 0.0583. The van der Waals surface area contributed by atoms with Crippen LogP contribution in [-0.2, 0) is 17.8 Å². The molecule has 5 nitrogen and oxygen atoms in total. The number of aromatic nitrogens is 3. The number of amides is 1. The van der Waals surface area contributed by atoms with Gasteiger partial charge in [0.25, 0.3) is 0 Å². The van der Waals surface area contributed by atoms with E-state index in [2.05, 4.69) is 10.4 Å². The predicted octanol–water partition coefficient (Wildman–Crippen LogP) is 3.81. The summed E-state index contributed by atoms with van der Waals surface area (Å²) in [5, 5.41) is 10.7. The molecule has 6 heteroatoms. The van der Waals surface area contributed by atoms with Gasteiger partial charge in [0.15, 0.2) is 5.65 Å². The first-order valence-electron chi connectivity index (χ1n) is 8.66. The number of rotatable bonds is 5. The van der Waals surface area contributed by atoms with Gasteiger partial charge < -0.3 is 5.32 Å². The van der Waals surface area contributed by atoms with E-state index >= 15 is 0 Å². The van der Waals surface area contributed by atoms with Gasteiger partial charge >= 0.3 is 0 Å². The van der Waals surface area contributed by atoms with E-state index in [1.54, 1.807) is 11.3 Å². The standard InChI is InChI=1S/C20H20N4OS/c1-13-16(9-10-19(25)21-12-15-6-5-11-26-15)14(2)24-20(22-13)17-7-3-4-8-18(17)23-24/h3-8,11H,9-10,12H2,1-2H3,(H,21,25). The fourth-order valence-corrected chi connectivity index (χ4v) is 3.91. The zero-order valence-corrected chi connectivity index (χ0v) is 15.6. The molecule has 0 atom stereocenters. The molecule has 0 fully saturated rings. The molecule has 4 rings (SSSR count). The van der Waals surface area contributed by atoms with Gasteiger partial charge in [-0.1, -0.05) is 18.2 Å². The summed E-state index contributed by atoms with van der Waals surface area (Å²) in [6, 6.07) is 12.0. The molecular formula is C20H20N4OS. The molecule has 132 valence electrons. The molecule has 0 unspecified atom stereocenters. The number of carbonyl (C=O) groups is 1. The molecule has 4 aromatic rings. The topological polar surface area (TPSA) is 59.3 Å². The van der Waals surface area contributed by atoms with Gasteiger partial charge in [-0.25, -0.2) is 9.50 Å². The summed E-state index contributed by atoms with van der Waals surface area (Å²) < 4.78 is 1.90. The van der Waals surface area contributed by atoms with Crippen LogP contribution in [0.4, 0.5) is 0 Å². The number of aryl methyl sites for hydroxylation is 2. The minimum Gasteiger partial charge on any atom is -0.351 e. The van der Waals surface area contributed by atoms with E-state index < -0.39 is 0 Å². The van der Waals surface area contributed by atoms with Crippen molar-refractivity contribution in [3.8, 4) is 0 Å². The lowest BCUT2D eigenvalue weighted by atomic mass is 10.1. The lowest BCUT2D eigenvalue weighted by Crippen LogP contribution is -2.23. The predicted molar refractivity (Wildman–Crippen MR) is 104 cm³/mol. The van der Waals surface area contributed by atoms with Crippen LogP contribution in [0, 0.1) is 13.8 Å². The molecule has 0 saturated heterocycles. The Balaban J connectivity index is 1.54. The van der Waals surface area contributed by atoms with Crippen molar-refractivity contribution in [1.82, 2.24) is 19.9 Å². The highest BCUT2D eigenvalue weighted by atomic mass is 32.1. The molecule has 0 spiro atoms. The Bertz CT molecular complexity index is 1080. The molecule has 0 aliphatic heterocycles.